The molecule has 3 rings (SSSR count). The quantitative estimate of drug-likeness (QED) is 0.765. The largest absolute Gasteiger partial charge is 0.396 e. The molecule has 108 valence electrons. The molecule has 0 fully saturated rings. The average molecular weight is 280 g/mol. The highest BCUT2D eigenvalue weighted by atomic mass is 16.3. The number of aliphatic hydroxyl groups excluding tert-OH is 1. The van der Waals surface area contributed by atoms with Gasteiger partial charge in [0.1, 0.15) is 0 Å². The van der Waals surface area contributed by atoms with Crippen LogP contribution in [0.5, 0.6) is 0 Å². The van der Waals surface area contributed by atoms with Gasteiger partial charge in [0.2, 0.25) is 0 Å². The van der Waals surface area contributed by atoms with E-state index in [-0.39, 0.29) is 17.9 Å². The summed E-state index contributed by atoms with van der Waals surface area (Å²) in [4.78, 5) is 7.58. The van der Waals surface area contributed by atoms with Gasteiger partial charge in [-0.15, -0.1) is 0 Å². The maximum Gasteiger partial charge on any atom is 0.0491 e. The van der Waals surface area contributed by atoms with E-state index in [1.165, 1.54) is 10.9 Å². The summed E-state index contributed by atoms with van der Waals surface area (Å²) in [5, 5.41) is 11.1. The lowest BCUT2D eigenvalue weighted by atomic mass is 9.72. The summed E-state index contributed by atoms with van der Waals surface area (Å²) in [5.74, 6) is 0.0901. The first-order valence-corrected chi connectivity index (χ1v) is 7.20. The fourth-order valence-electron chi connectivity index (χ4n) is 3.02. The van der Waals surface area contributed by atoms with Gasteiger partial charge in [0.05, 0.1) is 0 Å². The van der Waals surface area contributed by atoms with Gasteiger partial charge in [-0.05, 0) is 28.7 Å². The molecule has 1 unspecified atom stereocenters. The lowest BCUT2D eigenvalue weighted by Gasteiger charge is -2.33. The van der Waals surface area contributed by atoms with Crippen LogP contribution in [0.25, 0.3) is 10.9 Å². The Bertz CT molecular complexity index is 731. The van der Waals surface area contributed by atoms with Crippen LogP contribution < -0.4 is 0 Å². The summed E-state index contributed by atoms with van der Waals surface area (Å²) in [6, 6.07) is 12.3. The first kappa shape index (κ1) is 13.8. The van der Waals surface area contributed by atoms with E-state index in [1.807, 2.05) is 24.4 Å². The minimum absolute atomic E-state index is 0.0901. The Kier molecular flexibility index (Phi) is 3.52. The molecule has 1 aromatic carbocycles. The second kappa shape index (κ2) is 5.34. The van der Waals surface area contributed by atoms with Crippen molar-refractivity contribution in [1.82, 2.24) is 9.97 Å². The molecular weight excluding hydrogens is 260 g/mol. The van der Waals surface area contributed by atoms with Gasteiger partial charge in [0.25, 0.3) is 0 Å². The molecule has 0 aliphatic rings. The van der Waals surface area contributed by atoms with E-state index in [1.54, 1.807) is 6.20 Å². The molecule has 3 heteroatoms. The van der Waals surface area contributed by atoms with Crippen LogP contribution in [0.1, 0.15) is 30.9 Å². The third-order valence-corrected chi connectivity index (χ3v) is 4.14. The molecule has 0 spiro atoms. The van der Waals surface area contributed by atoms with E-state index in [9.17, 15) is 5.11 Å². The van der Waals surface area contributed by atoms with Crippen molar-refractivity contribution in [2.24, 2.45) is 5.41 Å². The number of nitrogens with one attached hydrogen (secondary N) is 1. The Morgan fingerprint density at radius 1 is 1.19 bits per heavy atom. The second-order valence-corrected chi connectivity index (χ2v) is 6.16. The zero-order chi connectivity index (χ0) is 14.9. The summed E-state index contributed by atoms with van der Waals surface area (Å²) in [6.45, 7) is 4.30. The first-order chi connectivity index (χ1) is 10.1. The topological polar surface area (TPSA) is 48.9 Å². The van der Waals surface area contributed by atoms with Crippen molar-refractivity contribution in [3.05, 3.63) is 66.1 Å². The predicted octanol–water partition coefficient (Wildman–Crippen LogP) is 3.71. The predicted molar refractivity (Wildman–Crippen MR) is 85.2 cm³/mol. The van der Waals surface area contributed by atoms with E-state index in [4.69, 9.17) is 0 Å². The highest BCUT2D eigenvalue weighted by molar-refractivity contribution is 5.84. The maximum atomic E-state index is 9.87. The molecule has 0 bridgehead atoms. The summed E-state index contributed by atoms with van der Waals surface area (Å²) in [6.07, 6.45) is 5.73. The number of aliphatic hydroxyl groups is 1. The number of nitrogens with zero attached hydrogens (tertiary/aromatic N) is 1. The van der Waals surface area contributed by atoms with Crippen LogP contribution >= 0.6 is 0 Å². The molecule has 21 heavy (non-hydrogen) atoms. The third-order valence-electron chi connectivity index (χ3n) is 4.14. The molecule has 0 saturated heterocycles. The minimum Gasteiger partial charge on any atom is -0.396 e. The molecule has 1 atom stereocenters. The van der Waals surface area contributed by atoms with Crippen molar-refractivity contribution in [3.8, 4) is 0 Å². The Morgan fingerprint density at radius 2 is 2.00 bits per heavy atom. The number of aromatic nitrogens is 2. The number of benzene rings is 1. The lowest BCUT2D eigenvalue weighted by molar-refractivity contribution is 0.143. The SMILES string of the molecule is CC(C)(CO)C(c1cccnc1)c1c[nH]c2ccccc12. The normalized spacial score (nSPS) is 13.5. The minimum atomic E-state index is -0.270. The van der Waals surface area contributed by atoms with E-state index >= 15 is 0 Å². The van der Waals surface area contributed by atoms with Crippen LogP contribution in [0.4, 0.5) is 0 Å². The average Bonchev–Trinajstić information content (AvgIpc) is 2.92. The van der Waals surface area contributed by atoms with Crippen LogP contribution in [0.15, 0.2) is 55.0 Å². The van der Waals surface area contributed by atoms with E-state index in [2.05, 4.69) is 48.2 Å². The third kappa shape index (κ3) is 2.45. The Balaban J connectivity index is 2.20. The number of hydrogen-bond donors (Lipinski definition) is 2. The number of aromatic amines is 1. The molecule has 3 nitrogen and oxygen atoms in total. The fourth-order valence-corrected chi connectivity index (χ4v) is 3.02. The molecular formula is C18H20N2O. The van der Waals surface area contributed by atoms with E-state index in [0.717, 1.165) is 11.1 Å². The number of H-pyrrole nitrogens is 1. The smallest absolute Gasteiger partial charge is 0.0491 e. The summed E-state index contributed by atoms with van der Waals surface area (Å²) >= 11 is 0. The van der Waals surface area contributed by atoms with Gasteiger partial charge in [-0.3, -0.25) is 4.98 Å². The fraction of sp³-hybridized carbons (Fsp3) is 0.278. The monoisotopic (exact) mass is 280 g/mol. The van der Waals surface area contributed by atoms with Gasteiger partial charge in [-0.1, -0.05) is 38.1 Å². The highest BCUT2D eigenvalue weighted by Gasteiger charge is 2.33. The molecule has 2 aromatic heterocycles. The number of rotatable bonds is 4. The maximum absolute atomic E-state index is 9.87. The summed E-state index contributed by atoms with van der Waals surface area (Å²) in [5.41, 5.74) is 3.18. The molecule has 3 aromatic rings. The number of pyridine rings is 1. The van der Waals surface area contributed by atoms with Gasteiger partial charge in [0.15, 0.2) is 0 Å². The van der Waals surface area contributed by atoms with Gasteiger partial charge >= 0.3 is 0 Å². The van der Waals surface area contributed by atoms with Gasteiger partial charge in [0, 0.05) is 42.0 Å². The van der Waals surface area contributed by atoms with Gasteiger partial charge in [-0.25, -0.2) is 0 Å². The summed E-state index contributed by atoms with van der Waals surface area (Å²) < 4.78 is 0. The molecule has 0 aliphatic carbocycles. The van der Waals surface area contributed by atoms with Gasteiger partial charge in [-0.2, -0.15) is 0 Å². The summed E-state index contributed by atoms with van der Waals surface area (Å²) in [7, 11) is 0. The van der Waals surface area contributed by atoms with Crippen LogP contribution in [-0.4, -0.2) is 21.7 Å². The highest BCUT2D eigenvalue weighted by Crippen LogP contribution is 2.42. The molecule has 0 radical (unpaired) electrons. The van der Waals surface area contributed by atoms with Gasteiger partial charge < -0.3 is 10.1 Å². The zero-order valence-corrected chi connectivity index (χ0v) is 12.4. The molecule has 0 saturated carbocycles. The van der Waals surface area contributed by atoms with Crippen molar-refractivity contribution >= 4 is 10.9 Å². The zero-order valence-electron chi connectivity index (χ0n) is 12.4. The molecule has 0 aliphatic heterocycles. The molecule has 2 heterocycles. The number of para-hydroxylation sites is 1. The molecule has 0 amide bonds. The van der Waals surface area contributed by atoms with Crippen molar-refractivity contribution < 1.29 is 5.11 Å². The Labute approximate surface area is 124 Å². The first-order valence-electron chi connectivity index (χ1n) is 7.20. The lowest BCUT2D eigenvalue weighted by Crippen LogP contribution is -2.27. The Morgan fingerprint density at radius 3 is 2.71 bits per heavy atom. The number of fused-ring (bicyclic) bond motifs is 1. The van der Waals surface area contributed by atoms with E-state index in [0.29, 0.717) is 0 Å². The van der Waals surface area contributed by atoms with Crippen molar-refractivity contribution in [3.63, 3.8) is 0 Å². The molecule has 2 N–H and O–H groups in total. The van der Waals surface area contributed by atoms with Crippen molar-refractivity contribution in [2.45, 2.75) is 19.8 Å². The van der Waals surface area contributed by atoms with Crippen molar-refractivity contribution in [2.75, 3.05) is 6.61 Å². The van der Waals surface area contributed by atoms with E-state index < -0.39 is 0 Å². The number of hydrogen-bond acceptors (Lipinski definition) is 2. The van der Waals surface area contributed by atoms with Crippen LogP contribution in [0, 0.1) is 5.41 Å². The van der Waals surface area contributed by atoms with Crippen LogP contribution in [-0.2, 0) is 0 Å². The standard InChI is InChI=1S/C18H20N2O/c1-18(2,12-21)17(13-6-5-9-19-10-13)15-11-20-16-8-4-3-7-14(15)16/h3-11,17,20-21H,12H2,1-2H3. The van der Waals surface area contributed by atoms with Crippen molar-refractivity contribution in [1.29, 1.82) is 0 Å². The Hall–Kier alpha value is -2.13. The van der Waals surface area contributed by atoms with Crippen LogP contribution in [0.3, 0.4) is 0 Å². The van der Waals surface area contributed by atoms with Crippen LogP contribution in [0.2, 0.25) is 0 Å². The second-order valence-electron chi connectivity index (χ2n) is 6.16.